The van der Waals surface area contributed by atoms with E-state index in [9.17, 15) is 4.79 Å². The van der Waals surface area contributed by atoms with Gasteiger partial charge in [0.05, 0.1) is 0 Å². The van der Waals surface area contributed by atoms with Crippen molar-refractivity contribution in [3.63, 3.8) is 0 Å². The molecule has 0 bridgehead atoms. The number of hydrogen-bond acceptors (Lipinski definition) is 1. The predicted molar refractivity (Wildman–Crippen MR) is 68.9 cm³/mol. The van der Waals surface area contributed by atoms with Crippen LogP contribution in [0.1, 0.15) is 55.7 Å². The summed E-state index contributed by atoms with van der Waals surface area (Å²) < 4.78 is 0. The molecule has 0 aliphatic heterocycles. The Kier molecular flexibility index (Phi) is 5.24. The fraction of sp³-hybridized carbons (Fsp3) is 0.533. The molecule has 1 rings (SSSR count). The van der Waals surface area contributed by atoms with Crippen LogP contribution in [0.4, 0.5) is 0 Å². The zero-order valence-corrected chi connectivity index (χ0v) is 10.6. The van der Waals surface area contributed by atoms with E-state index in [1.807, 2.05) is 0 Å². The van der Waals surface area contributed by atoms with Gasteiger partial charge in [-0.2, -0.15) is 0 Å². The smallest absolute Gasteiger partial charge is 0.119 e. The van der Waals surface area contributed by atoms with Crippen LogP contribution in [0.5, 0.6) is 0 Å². The fourth-order valence-corrected chi connectivity index (χ4v) is 1.86. The lowest BCUT2D eigenvalue weighted by atomic mass is 9.95. The highest BCUT2D eigenvalue weighted by Gasteiger charge is 2.03. The molecule has 0 radical (unpaired) electrons. The van der Waals surface area contributed by atoms with Crippen molar-refractivity contribution in [1.82, 2.24) is 0 Å². The van der Waals surface area contributed by atoms with Crippen LogP contribution in [-0.4, -0.2) is 6.29 Å². The molecule has 0 amide bonds. The Bertz CT molecular complexity index is 339. The van der Waals surface area contributed by atoms with Crippen molar-refractivity contribution < 1.29 is 4.79 Å². The summed E-state index contributed by atoms with van der Waals surface area (Å²) >= 11 is 0. The predicted octanol–water partition coefficient (Wildman–Crippen LogP) is 4.03. The Morgan fingerprint density at radius 3 is 2.62 bits per heavy atom. The first-order valence-electron chi connectivity index (χ1n) is 6.18. The van der Waals surface area contributed by atoms with Crippen LogP contribution >= 0.6 is 0 Å². The van der Waals surface area contributed by atoms with Gasteiger partial charge in [-0.15, -0.1) is 0 Å². The molecule has 0 unspecified atom stereocenters. The molecule has 1 aromatic rings. The van der Waals surface area contributed by atoms with Crippen molar-refractivity contribution in [2.75, 3.05) is 0 Å². The van der Waals surface area contributed by atoms with Gasteiger partial charge in [0.25, 0.3) is 0 Å². The first-order chi connectivity index (χ1) is 7.65. The van der Waals surface area contributed by atoms with E-state index < -0.39 is 0 Å². The van der Waals surface area contributed by atoms with E-state index in [0.717, 1.165) is 25.5 Å². The first-order valence-corrected chi connectivity index (χ1v) is 6.18. The quantitative estimate of drug-likeness (QED) is 0.520. The Morgan fingerprint density at radius 1 is 1.25 bits per heavy atom. The molecule has 0 aliphatic rings. The third-order valence-electron chi connectivity index (χ3n) is 3.06. The number of carbonyl (C=O) groups excluding carboxylic acids is 1. The molecule has 1 heteroatoms. The second kappa shape index (κ2) is 6.47. The lowest BCUT2D eigenvalue weighted by Crippen LogP contribution is -1.95. The molecule has 0 aromatic heterocycles. The van der Waals surface area contributed by atoms with E-state index in [-0.39, 0.29) is 0 Å². The Morgan fingerprint density at radius 2 is 2.00 bits per heavy atom. The molecule has 0 heterocycles. The summed E-state index contributed by atoms with van der Waals surface area (Å²) in [6.07, 6.45) is 4.93. The summed E-state index contributed by atoms with van der Waals surface area (Å²) in [6, 6.07) is 6.75. The SMILES string of the molecule is Cc1ccc(C(C)C)cc1CCCCC=O. The van der Waals surface area contributed by atoms with Gasteiger partial charge in [-0.3, -0.25) is 0 Å². The maximum Gasteiger partial charge on any atom is 0.119 e. The van der Waals surface area contributed by atoms with E-state index in [0.29, 0.717) is 12.3 Å². The van der Waals surface area contributed by atoms with E-state index in [1.54, 1.807) is 0 Å². The van der Waals surface area contributed by atoms with Crippen LogP contribution < -0.4 is 0 Å². The highest BCUT2D eigenvalue weighted by molar-refractivity contribution is 5.49. The van der Waals surface area contributed by atoms with Gasteiger partial charge in [0.15, 0.2) is 0 Å². The van der Waals surface area contributed by atoms with Crippen LogP contribution in [0.2, 0.25) is 0 Å². The van der Waals surface area contributed by atoms with Gasteiger partial charge in [0.2, 0.25) is 0 Å². The molecular weight excluding hydrogens is 196 g/mol. The summed E-state index contributed by atoms with van der Waals surface area (Å²) in [5.74, 6) is 0.592. The number of aldehydes is 1. The lowest BCUT2D eigenvalue weighted by Gasteiger charge is -2.11. The average Bonchev–Trinajstić information content (AvgIpc) is 2.26. The number of aryl methyl sites for hydroxylation is 2. The minimum absolute atomic E-state index is 0.592. The standard InChI is InChI=1S/C15H22O/c1-12(2)14-9-8-13(3)15(11-14)7-5-4-6-10-16/h8-12H,4-7H2,1-3H3. The Balaban J connectivity index is 2.63. The van der Waals surface area contributed by atoms with Crippen molar-refractivity contribution in [3.8, 4) is 0 Å². The lowest BCUT2D eigenvalue weighted by molar-refractivity contribution is -0.107. The molecule has 0 atom stereocenters. The number of rotatable bonds is 6. The van der Waals surface area contributed by atoms with Gasteiger partial charge < -0.3 is 4.79 Å². The minimum atomic E-state index is 0.592. The maximum absolute atomic E-state index is 10.2. The molecular formula is C15H22O. The van der Waals surface area contributed by atoms with E-state index in [4.69, 9.17) is 0 Å². The third kappa shape index (κ3) is 3.80. The Labute approximate surface area is 98.9 Å². The van der Waals surface area contributed by atoms with Crippen LogP contribution in [0.15, 0.2) is 18.2 Å². The number of carbonyl (C=O) groups is 1. The molecule has 0 saturated heterocycles. The fourth-order valence-electron chi connectivity index (χ4n) is 1.86. The summed E-state index contributed by atoms with van der Waals surface area (Å²) in [5.41, 5.74) is 4.23. The number of benzene rings is 1. The van der Waals surface area contributed by atoms with Crippen molar-refractivity contribution in [3.05, 3.63) is 34.9 Å². The molecule has 0 N–H and O–H groups in total. The molecule has 16 heavy (non-hydrogen) atoms. The van der Waals surface area contributed by atoms with Gasteiger partial charge in [-0.1, -0.05) is 32.0 Å². The van der Waals surface area contributed by atoms with Crippen LogP contribution in [0.25, 0.3) is 0 Å². The summed E-state index contributed by atoms with van der Waals surface area (Å²) in [6.45, 7) is 6.61. The van der Waals surface area contributed by atoms with Crippen LogP contribution in [-0.2, 0) is 11.2 Å². The summed E-state index contributed by atoms with van der Waals surface area (Å²) in [4.78, 5) is 10.2. The largest absolute Gasteiger partial charge is 0.303 e. The zero-order valence-electron chi connectivity index (χ0n) is 10.6. The summed E-state index contributed by atoms with van der Waals surface area (Å²) in [5, 5.41) is 0. The van der Waals surface area contributed by atoms with Crippen molar-refractivity contribution in [2.24, 2.45) is 0 Å². The monoisotopic (exact) mass is 218 g/mol. The summed E-state index contributed by atoms with van der Waals surface area (Å²) in [7, 11) is 0. The molecule has 0 spiro atoms. The van der Waals surface area contributed by atoms with Gasteiger partial charge in [-0.25, -0.2) is 0 Å². The molecule has 0 fully saturated rings. The van der Waals surface area contributed by atoms with Gasteiger partial charge >= 0.3 is 0 Å². The van der Waals surface area contributed by atoms with Gasteiger partial charge in [0, 0.05) is 6.42 Å². The molecule has 1 aromatic carbocycles. The second-order valence-corrected chi connectivity index (χ2v) is 4.75. The van der Waals surface area contributed by atoms with Crippen molar-refractivity contribution in [1.29, 1.82) is 0 Å². The van der Waals surface area contributed by atoms with E-state index in [2.05, 4.69) is 39.0 Å². The average molecular weight is 218 g/mol. The van der Waals surface area contributed by atoms with Gasteiger partial charge in [-0.05, 0) is 48.8 Å². The van der Waals surface area contributed by atoms with Crippen LogP contribution in [0.3, 0.4) is 0 Å². The van der Waals surface area contributed by atoms with Crippen molar-refractivity contribution in [2.45, 2.75) is 52.4 Å². The van der Waals surface area contributed by atoms with Crippen LogP contribution in [0, 0.1) is 6.92 Å². The highest BCUT2D eigenvalue weighted by atomic mass is 16.1. The number of unbranched alkanes of at least 4 members (excludes halogenated alkanes) is 2. The zero-order chi connectivity index (χ0) is 12.0. The maximum atomic E-state index is 10.2. The minimum Gasteiger partial charge on any atom is -0.303 e. The Hall–Kier alpha value is -1.11. The first kappa shape index (κ1) is 13.0. The normalized spacial score (nSPS) is 10.8. The van der Waals surface area contributed by atoms with E-state index >= 15 is 0 Å². The molecule has 88 valence electrons. The second-order valence-electron chi connectivity index (χ2n) is 4.75. The molecule has 1 nitrogen and oxygen atoms in total. The van der Waals surface area contributed by atoms with Gasteiger partial charge in [0.1, 0.15) is 6.29 Å². The molecule has 0 aliphatic carbocycles. The topological polar surface area (TPSA) is 17.1 Å². The van der Waals surface area contributed by atoms with E-state index in [1.165, 1.54) is 16.7 Å². The van der Waals surface area contributed by atoms with Crippen molar-refractivity contribution >= 4 is 6.29 Å². The number of hydrogen-bond donors (Lipinski definition) is 0. The third-order valence-corrected chi connectivity index (χ3v) is 3.06. The highest BCUT2D eigenvalue weighted by Crippen LogP contribution is 2.20. The molecule has 0 saturated carbocycles.